The molecule has 2 aromatic carbocycles. The smallest absolute Gasteiger partial charge is 0.358 e. The van der Waals surface area contributed by atoms with Gasteiger partial charge in [-0.15, -0.1) is 11.3 Å². The third kappa shape index (κ3) is 4.75. The van der Waals surface area contributed by atoms with Gasteiger partial charge in [-0.1, -0.05) is 12.1 Å². The summed E-state index contributed by atoms with van der Waals surface area (Å²) in [6, 6.07) is 14.8. The maximum atomic E-state index is 12.3. The number of hydrogen-bond donors (Lipinski definition) is 1. The van der Waals surface area contributed by atoms with Gasteiger partial charge in [0.15, 0.2) is 11.8 Å². The van der Waals surface area contributed by atoms with Crippen LogP contribution in [0.2, 0.25) is 0 Å². The lowest BCUT2D eigenvalue weighted by Crippen LogP contribution is -2.30. The van der Waals surface area contributed by atoms with E-state index in [1.807, 2.05) is 49.4 Å². The number of carbonyl (C=O) groups is 2. The number of methoxy groups -OCH3 is 1. The Morgan fingerprint density at radius 1 is 1.14 bits per heavy atom. The van der Waals surface area contributed by atoms with Crippen molar-refractivity contribution in [1.29, 1.82) is 0 Å². The Labute approximate surface area is 167 Å². The average Bonchev–Trinajstić information content (AvgIpc) is 3.18. The van der Waals surface area contributed by atoms with Crippen LogP contribution in [0, 0.1) is 6.92 Å². The van der Waals surface area contributed by atoms with Crippen molar-refractivity contribution in [1.82, 2.24) is 4.98 Å². The van der Waals surface area contributed by atoms with E-state index in [1.54, 1.807) is 18.6 Å². The molecule has 3 aromatic rings. The molecule has 0 bridgehead atoms. The number of nitrogens with zero attached hydrogens (tertiary/aromatic N) is 1. The summed E-state index contributed by atoms with van der Waals surface area (Å²) in [5.74, 6) is -0.291. The monoisotopic (exact) mass is 396 g/mol. The fourth-order valence-corrected chi connectivity index (χ4v) is 3.27. The third-order valence-electron chi connectivity index (χ3n) is 3.99. The summed E-state index contributed by atoms with van der Waals surface area (Å²) >= 11 is 1.33. The van der Waals surface area contributed by atoms with Gasteiger partial charge in [0.25, 0.3) is 5.91 Å². The molecule has 7 heteroatoms. The van der Waals surface area contributed by atoms with Crippen molar-refractivity contribution in [3.63, 3.8) is 0 Å². The summed E-state index contributed by atoms with van der Waals surface area (Å²) < 4.78 is 10.4. The fraction of sp³-hybridized carbons (Fsp3) is 0.190. The summed E-state index contributed by atoms with van der Waals surface area (Å²) in [6.45, 7) is 3.46. The second kappa shape index (κ2) is 8.67. The minimum atomic E-state index is -0.945. The van der Waals surface area contributed by atoms with Crippen LogP contribution in [0.3, 0.4) is 0 Å². The highest BCUT2D eigenvalue weighted by atomic mass is 32.1. The fourth-order valence-electron chi connectivity index (χ4n) is 2.47. The Bertz CT molecular complexity index is 982. The Hall–Kier alpha value is -3.19. The van der Waals surface area contributed by atoms with Crippen molar-refractivity contribution < 1.29 is 19.1 Å². The van der Waals surface area contributed by atoms with Crippen LogP contribution in [0.4, 0.5) is 5.69 Å². The van der Waals surface area contributed by atoms with Crippen LogP contribution in [-0.2, 0) is 9.53 Å². The van der Waals surface area contributed by atoms with Crippen LogP contribution in [0.25, 0.3) is 10.6 Å². The molecule has 0 radical (unpaired) electrons. The lowest BCUT2D eigenvalue weighted by molar-refractivity contribution is -0.123. The number of rotatable bonds is 6. The molecule has 1 amide bonds. The number of carbonyl (C=O) groups excluding carboxylic acids is 2. The van der Waals surface area contributed by atoms with Crippen LogP contribution in [0.5, 0.6) is 5.75 Å². The van der Waals surface area contributed by atoms with E-state index in [9.17, 15) is 9.59 Å². The van der Waals surface area contributed by atoms with Gasteiger partial charge in [-0.3, -0.25) is 4.79 Å². The molecule has 1 atom stereocenters. The van der Waals surface area contributed by atoms with Gasteiger partial charge in [0.05, 0.1) is 7.11 Å². The van der Waals surface area contributed by atoms with E-state index in [2.05, 4.69) is 10.3 Å². The summed E-state index contributed by atoms with van der Waals surface area (Å²) in [5.41, 5.74) is 2.72. The summed E-state index contributed by atoms with van der Waals surface area (Å²) in [5, 5.41) is 5.04. The molecule has 0 unspecified atom stereocenters. The van der Waals surface area contributed by atoms with Gasteiger partial charge in [0, 0.05) is 16.6 Å². The number of benzene rings is 2. The maximum absolute atomic E-state index is 12.3. The largest absolute Gasteiger partial charge is 0.497 e. The Morgan fingerprint density at radius 3 is 2.57 bits per heavy atom. The first-order chi connectivity index (χ1) is 13.5. The molecule has 0 aliphatic carbocycles. The van der Waals surface area contributed by atoms with Gasteiger partial charge in [-0.2, -0.15) is 0 Å². The number of aryl methyl sites for hydroxylation is 1. The maximum Gasteiger partial charge on any atom is 0.358 e. The number of esters is 1. The van der Waals surface area contributed by atoms with Gasteiger partial charge in [-0.05, 0) is 55.8 Å². The summed E-state index contributed by atoms with van der Waals surface area (Å²) in [4.78, 5) is 28.9. The number of aromatic nitrogens is 1. The molecule has 0 saturated heterocycles. The lowest BCUT2D eigenvalue weighted by Gasteiger charge is -2.13. The zero-order valence-electron chi connectivity index (χ0n) is 15.8. The SMILES string of the molecule is COc1ccc(-c2nc(C(=O)O[C@@H](C)C(=O)Nc3cccc(C)c3)cs2)cc1. The number of anilines is 1. The molecule has 144 valence electrons. The molecule has 0 aliphatic heterocycles. The predicted molar refractivity (Wildman–Crippen MR) is 109 cm³/mol. The van der Waals surface area contributed by atoms with Gasteiger partial charge >= 0.3 is 5.97 Å². The first-order valence-electron chi connectivity index (χ1n) is 8.64. The zero-order chi connectivity index (χ0) is 20.1. The Balaban J connectivity index is 1.62. The molecule has 28 heavy (non-hydrogen) atoms. The van der Waals surface area contributed by atoms with Crippen molar-refractivity contribution in [2.24, 2.45) is 0 Å². The van der Waals surface area contributed by atoms with E-state index < -0.39 is 18.0 Å². The summed E-state index contributed by atoms with van der Waals surface area (Å²) in [7, 11) is 1.60. The molecule has 1 aromatic heterocycles. The molecular weight excluding hydrogens is 376 g/mol. The Kier molecular flexibility index (Phi) is 6.06. The molecule has 0 fully saturated rings. The van der Waals surface area contributed by atoms with Crippen molar-refractivity contribution in [2.75, 3.05) is 12.4 Å². The number of hydrogen-bond acceptors (Lipinski definition) is 6. The zero-order valence-corrected chi connectivity index (χ0v) is 16.6. The average molecular weight is 396 g/mol. The van der Waals surface area contributed by atoms with Crippen molar-refractivity contribution >= 4 is 28.9 Å². The van der Waals surface area contributed by atoms with Crippen LogP contribution < -0.4 is 10.1 Å². The number of amides is 1. The van der Waals surface area contributed by atoms with Crippen LogP contribution >= 0.6 is 11.3 Å². The number of nitrogens with one attached hydrogen (secondary N) is 1. The van der Waals surface area contributed by atoms with Gasteiger partial charge < -0.3 is 14.8 Å². The van der Waals surface area contributed by atoms with Crippen molar-refractivity contribution in [2.45, 2.75) is 20.0 Å². The highest BCUT2D eigenvalue weighted by Gasteiger charge is 2.21. The minimum absolute atomic E-state index is 0.172. The molecule has 0 aliphatic rings. The van der Waals surface area contributed by atoms with Crippen LogP contribution in [0.15, 0.2) is 53.9 Å². The predicted octanol–water partition coefficient (Wildman–Crippen LogP) is 4.31. The van der Waals surface area contributed by atoms with E-state index in [0.717, 1.165) is 16.9 Å². The van der Waals surface area contributed by atoms with E-state index in [1.165, 1.54) is 18.3 Å². The highest BCUT2D eigenvalue weighted by molar-refractivity contribution is 7.13. The topological polar surface area (TPSA) is 77.5 Å². The van der Waals surface area contributed by atoms with E-state index in [0.29, 0.717) is 10.7 Å². The molecular formula is C21H20N2O4S. The third-order valence-corrected chi connectivity index (χ3v) is 4.88. The number of ether oxygens (including phenoxy) is 2. The van der Waals surface area contributed by atoms with Crippen molar-refractivity contribution in [3.8, 4) is 16.3 Å². The van der Waals surface area contributed by atoms with Crippen LogP contribution in [-0.4, -0.2) is 30.1 Å². The quantitative estimate of drug-likeness (QED) is 0.628. The van der Waals surface area contributed by atoms with Gasteiger partial charge in [0.1, 0.15) is 10.8 Å². The normalized spacial score (nSPS) is 11.5. The number of thiazole rings is 1. The lowest BCUT2D eigenvalue weighted by atomic mass is 10.2. The molecule has 0 spiro atoms. The molecule has 0 saturated carbocycles. The first-order valence-corrected chi connectivity index (χ1v) is 9.52. The van der Waals surface area contributed by atoms with Gasteiger partial charge in [-0.25, -0.2) is 9.78 Å². The van der Waals surface area contributed by atoms with E-state index in [-0.39, 0.29) is 5.69 Å². The molecule has 1 N–H and O–H groups in total. The standard InChI is InChI=1S/C21H20N2O4S/c1-13-5-4-6-16(11-13)22-19(24)14(2)27-21(25)18-12-28-20(23-18)15-7-9-17(26-3)10-8-15/h4-12,14H,1-3H3,(H,22,24)/t14-/m0/s1. The first kappa shape index (κ1) is 19.6. The van der Waals surface area contributed by atoms with Crippen LogP contribution in [0.1, 0.15) is 23.0 Å². The summed E-state index contributed by atoms with van der Waals surface area (Å²) in [6.07, 6.45) is -0.945. The molecule has 3 rings (SSSR count). The second-order valence-electron chi connectivity index (χ2n) is 6.17. The van der Waals surface area contributed by atoms with E-state index in [4.69, 9.17) is 9.47 Å². The minimum Gasteiger partial charge on any atom is -0.497 e. The molecule has 6 nitrogen and oxygen atoms in total. The van der Waals surface area contributed by atoms with E-state index >= 15 is 0 Å². The second-order valence-corrected chi connectivity index (χ2v) is 7.03. The van der Waals surface area contributed by atoms with Crippen molar-refractivity contribution in [3.05, 3.63) is 65.2 Å². The Morgan fingerprint density at radius 2 is 1.89 bits per heavy atom. The van der Waals surface area contributed by atoms with Gasteiger partial charge in [0.2, 0.25) is 0 Å². The highest BCUT2D eigenvalue weighted by Crippen LogP contribution is 2.26. The molecule has 1 heterocycles.